The Kier molecular flexibility index (Phi) is 8.07. The number of hydrazine groups is 1. The van der Waals surface area contributed by atoms with Gasteiger partial charge in [0, 0.05) is 13.5 Å². The van der Waals surface area contributed by atoms with Crippen molar-refractivity contribution in [3.8, 4) is 0 Å². The van der Waals surface area contributed by atoms with Gasteiger partial charge in [0.1, 0.15) is 5.82 Å². The molecule has 0 aromatic heterocycles. The van der Waals surface area contributed by atoms with Crippen LogP contribution in [0.15, 0.2) is 24.3 Å². The molecular weight excluding hydrogens is 255 g/mol. The third-order valence-corrected chi connectivity index (χ3v) is 2.15. The van der Waals surface area contributed by atoms with Gasteiger partial charge in [0.2, 0.25) is 5.91 Å². The van der Waals surface area contributed by atoms with Gasteiger partial charge in [-0.15, -0.1) is 0 Å². The van der Waals surface area contributed by atoms with E-state index in [2.05, 4.69) is 0 Å². The highest BCUT2D eigenvalue weighted by molar-refractivity contribution is 5.83. The number of amides is 1. The molecule has 5 N–H and O–H groups in total. The van der Waals surface area contributed by atoms with Crippen LogP contribution in [-0.4, -0.2) is 28.7 Å². The Labute approximate surface area is 110 Å². The van der Waals surface area contributed by atoms with Crippen molar-refractivity contribution < 1.29 is 24.2 Å². The molecule has 0 bridgehead atoms. The maximum atomic E-state index is 12.6. The number of aliphatic carboxylic acids is 1. The van der Waals surface area contributed by atoms with Gasteiger partial charge in [-0.2, -0.15) is 0 Å². The van der Waals surface area contributed by atoms with Gasteiger partial charge in [-0.25, -0.2) is 10.2 Å². The number of benzene rings is 1. The topological polar surface area (TPSA) is 113 Å². The number of aliphatic hydroxyl groups excluding tert-OH is 1. The molecule has 0 spiro atoms. The molecule has 7 heteroatoms. The zero-order valence-electron chi connectivity index (χ0n) is 10.5. The van der Waals surface area contributed by atoms with Crippen LogP contribution in [0.2, 0.25) is 0 Å². The van der Waals surface area contributed by atoms with Crippen molar-refractivity contribution in [2.75, 3.05) is 6.61 Å². The molecule has 1 rings (SSSR count). The number of nitrogens with one attached hydrogen (secondary N) is 1. The molecule has 1 aromatic rings. The Hall–Kier alpha value is -1.99. The monoisotopic (exact) mass is 272 g/mol. The van der Waals surface area contributed by atoms with Crippen LogP contribution in [0.5, 0.6) is 0 Å². The van der Waals surface area contributed by atoms with Gasteiger partial charge in [-0.05, 0) is 24.1 Å². The van der Waals surface area contributed by atoms with Crippen LogP contribution < -0.4 is 11.3 Å². The minimum absolute atomic E-state index is 0.130. The molecule has 6 nitrogen and oxygen atoms in total. The van der Waals surface area contributed by atoms with E-state index in [1.165, 1.54) is 24.3 Å². The van der Waals surface area contributed by atoms with E-state index in [4.69, 9.17) is 20.9 Å². The van der Waals surface area contributed by atoms with Gasteiger partial charge < -0.3 is 10.2 Å². The van der Waals surface area contributed by atoms with Gasteiger partial charge in [0.05, 0.1) is 5.92 Å². The number of halogens is 1. The van der Waals surface area contributed by atoms with Gasteiger partial charge >= 0.3 is 0 Å². The SMILES string of the molecule is CC(=O)O.NNC(=O)C(CCO)c1ccc(F)cc1. The zero-order chi connectivity index (χ0) is 14.8. The number of hydrogen-bond acceptors (Lipinski definition) is 4. The summed E-state index contributed by atoms with van der Waals surface area (Å²) in [5.41, 5.74) is 2.65. The second-order valence-electron chi connectivity index (χ2n) is 3.64. The number of aliphatic hydroxyl groups is 1. The molecule has 0 fully saturated rings. The summed E-state index contributed by atoms with van der Waals surface area (Å²) in [6.45, 7) is 0.954. The van der Waals surface area contributed by atoms with Crippen molar-refractivity contribution in [3.05, 3.63) is 35.6 Å². The molecule has 0 radical (unpaired) electrons. The smallest absolute Gasteiger partial charge is 0.300 e. The minimum atomic E-state index is -0.833. The summed E-state index contributed by atoms with van der Waals surface area (Å²) < 4.78 is 12.6. The highest BCUT2D eigenvalue weighted by Crippen LogP contribution is 2.19. The van der Waals surface area contributed by atoms with Gasteiger partial charge in [0.15, 0.2) is 0 Å². The predicted molar refractivity (Wildman–Crippen MR) is 66.5 cm³/mol. The number of carbonyl (C=O) groups excluding carboxylic acids is 1. The average molecular weight is 272 g/mol. The normalized spacial score (nSPS) is 10.9. The molecule has 0 heterocycles. The summed E-state index contributed by atoms with van der Waals surface area (Å²) >= 11 is 0. The summed E-state index contributed by atoms with van der Waals surface area (Å²) in [6.07, 6.45) is 0.259. The van der Waals surface area contributed by atoms with E-state index in [1.54, 1.807) is 0 Å². The van der Waals surface area contributed by atoms with Crippen LogP contribution in [0.4, 0.5) is 4.39 Å². The second kappa shape index (κ2) is 9.01. The number of carbonyl (C=O) groups is 2. The zero-order valence-corrected chi connectivity index (χ0v) is 10.5. The lowest BCUT2D eigenvalue weighted by Crippen LogP contribution is -2.35. The average Bonchev–Trinajstić information content (AvgIpc) is 2.36. The molecular formula is C12H17FN2O4. The van der Waals surface area contributed by atoms with Crippen LogP contribution >= 0.6 is 0 Å². The van der Waals surface area contributed by atoms with E-state index < -0.39 is 17.8 Å². The standard InChI is InChI=1S/C10H13FN2O2.C2H4O2/c11-8-3-1-7(2-4-8)9(5-6-14)10(15)13-12;1-2(3)4/h1-4,9,14H,5-6,12H2,(H,13,15);1H3,(H,3,4). The van der Waals surface area contributed by atoms with E-state index in [0.717, 1.165) is 6.92 Å². The lowest BCUT2D eigenvalue weighted by Gasteiger charge is -2.14. The summed E-state index contributed by atoms with van der Waals surface area (Å²) in [5, 5.41) is 16.2. The number of carboxylic acids is 1. The minimum Gasteiger partial charge on any atom is -0.481 e. The number of hydrogen-bond donors (Lipinski definition) is 4. The number of rotatable bonds is 4. The maximum Gasteiger partial charge on any atom is 0.300 e. The summed E-state index contributed by atoms with van der Waals surface area (Å²) in [7, 11) is 0. The van der Waals surface area contributed by atoms with Crippen molar-refractivity contribution >= 4 is 11.9 Å². The van der Waals surface area contributed by atoms with Crippen molar-refractivity contribution in [1.82, 2.24) is 5.43 Å². The molecule has 1 amide bonds. The number of carboxylic acid groups (broad SMARTS) is 1. The van der Waals surface area contributed by atoms with Crippen molar-refractivity contribution in [2.45, 2.75) is 19.3 Å². The Morgan fingerprint density at radius 2 is 1.84 bits per heavy atom. The molecule has 1 unspecified atom stereocenters. The molecule has 0 saturated carbocycles. The van der Waals surface area contributed by atoms with Crippen LogP contribution in [0.1, 0.15) is 24.8 Å². The van der Waals surface area contributed by atoms with E-state index in [9.17, 15) is 9.18 Å². The Bertz CT molecular complexity index is 405. The van der Waals surface area contributed by atoms with E-state index in [-0.39, 0.29) is 18.8 Å². The highest BCUT2D eigenvalue weighted by Gasteiger charge is 2.18. The Morgan fingerprint density at radius 3 is 2.21 bits per heavy atom. The third-order valence-electron chi connectivity index (χ3n) is 2.15. The van der Waals surface area contributed by atoms with E-state index in [1.807, 2.05) is 5.43 Å². The molecule has 0 aliphatic heterocycles. The molecule has 0 saturated heterocycles. The largest absolute Gasteiger partial charge is 0.481 e. The lowest BCUT2D eigenvalue weighted by atomic mass is 9.95. The molecule has 0 aliphatic carbocycles. The van der Waals surface area contributed by atoms with Crippen LogP contribution in [0, 0.1) is 5.82 Å². The molecule has 106 valence electrons. The molecule has 19 heavy (non-hydrogen) atoms. The first kappa shape index (κ1) is 17.0. The van der Waals surface area contributed by atoms with Gasteiger partial charge in [-0.1, -0.05) is 12.1 Å². The highest BCUT2D eigenvalue weighted by atomic mass is 19.1. The fourth-order valence-corrected chi connectivity index (χ4v) is 1.37. The first-order chi connectivity index (χ1) is 8.92. The number of nitrogens with two attached hydrogens (primary N) is 1. The second-order valence-corrected chi connectivity index (χ2v) is 3.64. The maximum absolute atomic E-state index is 12.6. The van der Waals surface area contributed by atoms with Crippen molar-refractivity contribution in [2.24, 2.45) is 5.84 Å². The predicted octanol–water partition coefficient (Wildman–Crippen LogP) is 0.372. The van der Waals surface area contributed by atoms with Crippen LogP contribution in [0.25, 0.3) is 0 Å². The third kappa shape index (κ3) is 7.12. The summed E-state index contributed by atoms with van der Waals surface area (Å²) in [5.74, 6) is 2.88. The van der Waals surface area contributed by atoms with Gasteiger partial charge in [-0.3, -0.25) is 15.0 Å². The molecule has 1 atom stereocenters. The quantitative estimate of drug-likeness (QED) is 0.359. The fourth-order valence-electron chi connectivity index (χ4n) is 1.37. The van der Waals surface area contributed by atoms with E-state index >= 15 is 0 Å². The van der Waals surface area contributed by atoms with Gasteiger partial charge in [0.25, 0.3) is 5.97 Å². The van der Waals surface area contributed by atoms with Crippen LogP contribution in [-0.2, 0) is 9.59 Å². The Morgan fingerprint density at radius 1 is 1.37 bits per heavy atom. The molecule has 0 aliphatic rings. The first-order valence-electron chi connectivity index (χ1n) is 5.48. The lowest BCUT2D eigenvalue weighted by molar-refractivity contribution is -0.134. The molecule has 1 aromatic carbocycles. The van der Waals surface area contributed by atoms with Crippen molar-refractivity contribution in [3.63, 3.8) is 0 Å². The fraction of sp³-hybridized carbons (Fsp3) is 0.333. The first-order valence-corrected chi connectivity index (χ1v) is 5.48. The Balaban J connectivity index is 0.000000711. The van der Waals surface area contributed by atoms with E-state index in [0.29, 0.717) is 5.56 Å². The van der Waals surface area contributed by atoms with Crippen molar-refractivity contribution in [1.29, 1.82) is 0 Å². The van der Waals surface area contributed by atoms with Crippen LogP contribution in [0.3, 0.4) is 0 Å². The summed E-state index contributed by atoms with van der Waals surface area (Å²) in [4.78, 5) is 20.3. The summed E-state index contributed by atoms with van der Waals surface area (Å²) in [6, 6.07) is 5.54.